The highest BCUT2D eigenvalue weighted by atomic mass is 32.2. The third-order valence-corrected chi connectivity index (χ3v) is 3.71. The summed E-state index contributed by atoms with van der Waals surface area (Å²) in [6.45, 7) is -0.0882. The van der Waals surface area contributed by atoms with Crippen molar-refractivity contribution >= 4 is 35.6 Å². The predicted molar refractivity (Wildman–Crippen MR) is 73.7 cm³/mol. The van der Waals surface area contributed by atoms with Crippen LogP contribution in [0.2, 0.25) is 0 Å². The third-order valence-electron chi connectivity index (χ3n) is 2.91. The van der Waals surface area contributed by atoms with Gasteiger partial charge in [0.2, 0.25) is 0 Å². The van der Waals surface area contributed by atoms with E-state index in [4.69, 9.17) is 4.74 Å². The fourth-order valence-electron chi connectivity index (χ4n) is 1.88. The van der Waals surface area contributed by atoms with Crippen molar-refractivity contribution in [1.29, 1.82) is 0 Å². The summed E-state index contributed by atoms with van der Waals surface area (Å²) < 4.78 is 4.70. The van der Waals surface area contributed by atoms with Crippen LogP contribution in [0.1, 0.15) is 15.9 Å². The Hall–Kier alpha value is -2.35. The van der Waals surface area contributed by atoms with Crippen LogP contribution < -0.4 is 5.32 Å². The second-order valence-electron chi connectivity index (χ2n) is 4.18. The highest BCUT2D eigenvalue weighted by molar-refractivity contribution is 7.98. The van der Waals surface area contributed by atoms with Gasteiger partial charge in [-0.15, -0.1) is 11.8 Å². The summed E-state index contributed by atoms with van der Waals surface area (Å²) in [6, 6.07) is 4.16. The first-order chi connectivity index (χ1) is 9.97. The van der Waals surface area contributed by atoms with Crippen LogP contribution in [0.5, 0.6) is 0 Å². The summed E-state index contributed by atoms with van der Waals surface area (Å²) in [5, 5.41) is 1.91. The van der Waals surface area contributed by atoms with Gasteiger partial charge in [0.1, 0.15) is 0 Å². The number of carbonyl (C=O) groups excluding carboxylic acids is 4. The van der Waals surface area contributed by atoms with Crippen molar-refractivity contribution in [2.45, 2.75) is 11.4 Å². The molecule has 1 heterocycles. The minimum atomic E-state index is -0.950. The number of urea groups is 1. The maximum Gasteiger partial charge on any atom is 0.339 e. The fraction of sp³-hybridized carbons (Fsp3) is 0.231. The second kappa shape index (κ2) is 5.96. The molecule has 7 nitrogen and oxygen atoms in total. The van der Waals surface area contributed by atoms with E-state index in [1.165, 1.54) is 18.9 Å². The first kappa shape index (κ1) is 15.0. The number of hydrogen-bond acceptors (Lipinski definition) is 6. The van der Waals surface area contributed by atoms with Crippen molar-refractivity contribution in [3.63, 3.8) is 0 Å². The number of amides is 4. The molecule has 1 aliphatic heterocycles. The van der Waals surface area contributed by atoms with Crippen LogP contribution in [-0.4, -0.2) is 42.1 Å². The molecular formula is C13H12N2O5S. The Morgan fingerprint density at radius 2 is 2.05 bits per heavy atom. The van der Waals surface area contributed by atoms with E-state index in [9.17, 15) is 19.2 Å². The Morgan fingerprint density at radius 3 is 2.57 bits per heavy atom. The summed E-state index contributed by atoms with van der Waals surface area (Å²) in [7, 11) is 1.27. The number of benzene rings is 1. The van der Waals surface area contributed by atoms with Gasteiger partial charge in [0.25, 0.3) is 0 Å². The number of hydrogen-bond donors (Lipinski definition) is 1. The van der Waals surface area contributed by atoms with Gasteiger partial charge in [0.15, 0.2) is 0 Å². The Balaban J connectivity index is 2.29. The van der Waals surface area contributed by atoms with Crippen LogP contribution in [0.4, 0.5) is 4.79 Å². The van der Waals surface area contributed by atoms with Gasteiger partial charge in [-0.25, -0.2) is 9.59 Å². The van der Waals surface area contributed by atoms with Gasteiger partial charge < -0.3 is 4.74 Å². The van der Waals surface area contributed by atoms with E-state index in [1.54, 1.807) is 18.2 Å². The summed E-state index contributed by atoms with van der Waals surface area (Å²) >= 11 is 1.38. The van der Waals surface area contributed by atoms with E-state index in [-0.39, 0.29) is 6.54 Å². The van der Waals surface area contributed by atoms with Crippen molar-refractivity contribution in [2.75, 3.05) is 13.4 Å². The Labute approximate surface area is 124 Å². The molecule has 1 saturated heterocycles. The topological polar surface area (TPSA) is 92.8 Å². The van der Waals surface area contributed by atoms with Crippen molar-refractivity contribution in [3.8, 4) is 0 Å². The first-order valence-electron chi connectivity index (χ1n) is 5.90. The van der Waals surface area contributed by atoms with Gasteiger partial charge in [0, 0.05) is 4.90 Å². The van der Waals surface area contributed by atoms with Crippen LogP contribution in [0, 0.1) is 0 Å². The van der Waals surface area contributed by atoms with E-state index in [0.29, 0.717) is 11.1 Å². The van der Waals surface area contributed by atoms with Crippen LogP contribution >= 0.6 is 11.8 Å². The molecule has 1 aliphatic rings. The van der Waals surface area contributed by atoms with Crippen LogP contribution in [0.15, 0.2) is 23.1 Å². The molecule has 1 aromatic rings. The Bertz CT molecular complexity index is 643. The average Bonchev–Trinajstić information content (AvgIpc) is 2.72. The van der Waals surface area contributed by atoms with Crippen molar-refractivity contribution in [2.24, 2.45) is 0 Å². The molecule has 21 heavy (non-hydrogen) atoms. The van der Waals surface area contributed by atoms with Crippen LogP contribution in [0.3, 0.4) is 0 Å². The molecule has 1 N–H and O–H groups in total. The van der Waals surface area contributed by atoms with Gasteiger partial charge in [-0.2, -0.15) is 0 Å². The molecule has 2 rings (SSSR count). The monoisotopic (exact) mass is 308 g/mol. The highest BCUT2D eigenvalue weighted by Crippen LogP contribution is 2.23. The number of rotatable bonds is 4. The Morgan fingerprint density at radius 1 is 1.33 bits per heavy atom. The summed E-state index contributed by atoms with van der Waals surface area (Å²) in [6.07, 6.45) is 1.82. The Kier molecular flexibility index (Phi) is 4.27. The normalized spacial score (nSPS) is 14.4. The maximum absolute atomic E-state index is 11.7. The number of thioether (sulfide) groups is 1. The van der Waals surface area contributed by atoms with E-state index in [1.807, 2.05) is 11.6 Å². The molecule has 0 aliphatic carbocycles. The van der Waals surface area contributed by atoms with Gasteiger partial charge >= 0.3 is 23.8 Å². The number of methoxy groups -OCH3 is 1. The SMILES string of the molecule is COC(=O)c1cc(CN2C(=O)NC(=O)C2=O)ccc1SC. The smallest absolute Gasteiger partial charge is 0.339 e. The average molecular weight is 308 g/mol. The number of esters is 1. The predicted octanol–water partition coefficient (Wildman–Crippen LogP) is 0.773. The lowest BCUT2D eigenvalue weighted by atomic mass is 10.1. The number of ether oxygens (including phenoxy) is 1. The number of nitrogens with zero attached hydrogens (tertiary/aromatic N) is 1. The minimum Gasteiger partial charge on any atom is -0.465 e. The molecule has 8 heteroatoms. The van der Waals surface area contributed by atoms with E-state index in [0.717, 1.165) is 9.80 Å². The quantitative estimate of drug-likeness (QED) is 0.382. The zero-order valence-corrected chi connectivity index (χ0v) is 12.2. The van der Waals surface area contributed by atoms with E-state index < -0.39 is 23.8 Å². The number of imide groups is 2. The standard InChI is InChI=1S/C13H12N2O5S/c1-20-12(18)8-5-7(3-4-9(8)21-2)6-15-11(17)10(16)14-13(15)19/h3-5H,6H2,1-2H3,(H,14,16,19). The third kappa shape index (κ3) is 2.89. The number of carbonyl (C=O) groups is 4. The van der Waals surface area contributed by atoms with Crippen LogP contribution in [-0.2, 0) is 20.9 Å². The van der Waals surface area contributed by atoms with E-state index in [2.05, 4.69) is 0 Å². The zero-order valence-electron chi connectivity index (χ0n) is 11.3. The first-order valence-corrected chi connectivity index (χ1v) is 7.12. The summed E-state index contributed by atoms with van der Waals surface area (Å²) in [4.78, 5) is 47.3. The number of nitrogens with one attached hydrogen (secondary N) is 1. The van der Waals surface area contributed by atoms with Crippen molar-refractivity contribution < 1.29 is 23.9 Å². The lowest BCUT2D eigenvalue weighted by Gasteiger charge is -2.13. The second-order valence-corrected chi connectivity index (χ2v) is 5.02. The molecule has 1 aromatic carbocycles. The lowest BCUT2D eigenvalue weighted by Crippen LogP contribution is -2.30. The summed E-state index contributed by atoms with van der Waals surface area (Å²) in [5.41, 5.74) is 0.896. The molecule has 0 saturated carbocycles. The van der Waals surface area contributed by atoms with Gasteiger partial charge in [0.05, 0.1) is 19.2 Å². The van der Waals surface area contributed by atoms with Crippen molar-refractivity contribution in [1.82, 2.24) is 10.2 Å². The van der Waals surface area contributed by atoms with Crippen molar-refractivity contribution in [3.05, 3.63) is 29.3 Å². The summed E-state index contributed by atoms with van der Waals surface area (Å²) in [5.74, 6) is -2.36. The lowest BCUT2D eigenvalue weighted by molar-refractivity contribution is -0.140. The molecule has 0 atom stereocenters. The van der Waals surface area contributed by atoms with Gasteiger partial charge in [-0.1, -0.05) is 6.07 Å². The zero-order chi connectivity index (χ0) is 15.6. The molecule has 0 radical (unpaired) electrons. The molecule has 0 spiro atoms. The molecule has 0 bridgehead atoms. The molecule has 110 valence electrons. The molecule has 0 aromatic heterocycles. The molecule has 4 amide bonds. The van der Waals surface area contributed by atoms with Gasteiger partial charge in [-0.3, -0.25) is 19.8 Å². The molecule has 0 unspecified atom stereocenters. The van der Waals surface area contributed by atoms with Gasteiger partial charge in [-0.05, 0) is 24.0 Å². The fourth-order valence-corrected chi connectivity index (χ4v) is 2.45. The minimum absolute atomic E-state index is 0.0882. The van der Waals surface area contributed by atoms with Crippen LogP contribution in [0.25, 0.3) is 0 Å². The molecular weight excluding hydrogens is 296 g/mol. The maximum atomic E-state index is 11.7. The van der Waals surface area contributed by atoms with E-state index >= 15 is 0 Å². The largest absolute Gasteiger partial charge is 0.465 e. The molecule has 1 fully saturated rings. The highest BCUT2D eigenvalue weighted by Gasteiger charge is 2.36.